The van der Waals surface area contributed by atoms with Crippen LogP contribution in [-0.2, 0) is 9.53 Å². The average molecular weight is 554 g/mol. The topological polar surface area (TPSA) is 120 Å². The van der Waals surface area contributed by atoms with Gasteiger partial charge in [0.1, 0.15) is 17.5 Å². The van der Waals surface area contributed by atoms with Gasteiger partial charge in [0, 0.05) is 23.1 Å². The van der Waals surface area contributed by atoms with Crippen molar-refractivity contribution in [3.8, 4) is 0 Å². The zero-order valence-electron chi connectivity index (χ0n) is 20.1. The van der Waals surface area contributed by atoms with Gasteiger partial charge in [0.05, 0.1) is 29.6 Å². The summed E-state index contributed by atoms with van der Waals surface area (Å²) in [6.45, 7) is 2.32. The number of hydrogen-bond acceptors (Lipinski definition) is 7. The van der Waals surface area contributed by atoms with E-state index in [0.717, 1.165) is 6.07 Å². The summed E-state index contributed by atoms with van der Waals surface area (Å²) in [7, 11) is 0. The minimum Gasteiger partial charge on any atom is -0.378 e. The van der Waals surface area contributed by atoms with Gasteiger partial charge >= 0.3 is 0 Å². The molecule has 0 radical (unpaired) electrons. The molecule has 2 aliphatic rings. The Morgan fingerprint density at radius 2 is 2.00 bits per heavy atom. The third kappa shape index (κ3) is 5.17. The van der Waals surface area contributed by atoms with Crippen LogP contribution in [0.1, 0.15) is 45.1 Å². The Hall–Kier alpha value is -2.76. The summed E-state index contributed by atoms with van der Waals surface area (Å²) in [5, 5.41) is 6.33. The Labute approximate surface area is 222 Å². The van der Waals surface area contributed by atoms with E-state index >= 15 is 0 Å². The van der Waals surface area contributed by atoms with Crippen molar-refractivity contribution < 1.29 is 18.3 Å². The van der Waals surface area contributed by atoms with Crippen molar-refractivity contribution in [2.75, 3.05) is 23.8 Å². The Morgan fingerprint density at radius 3 is 2.68 bits per heavy atom. The van der Waals surface area contributed by atoms with E-state index in [1.807, 2.05) is 11.5 Å². The summed E-state index contributed by atoms with van der Waals surface area (Å²) < 4.78 is 36.2. The highest BCUT2D eigenvalue weighted by Gasteiger charge is 2.38. The van der Waals surface area contributed by atoms with Gasteiger partial charge in [0.2, 0.25) is 17.8 Å². The van der Waals surface area contributed by atoms with Crippen molar-refractivity contribution in [3.63, 3.8) is 0 Å². The van der Waals surface area contributed by atoms with Crippen LogP contribution in [0.2, 0.25) is 10.0 Å². The predicted molar refractivity (Wildman–Crippen MR) is 138 cm³/mol. The van der Waals surface area contributed by atoms with E-state index in [-0.39, 0.29) is 40.2 Å². The summed E-state index contributed by atoms with van der Waals surface area (Å²) in [6.07, 6.45) is 3.22. The van der Waals surface area contributed by atoms with Crippen LogP contribution in [-0.4, -0.2) is 50.9 Å². The second-order valence-electron chi connectivity index (χ2n) is 9.86. The molecule has 1 aliphatic heterocycles. The van der Waals surface area contributed by atoms with Gasteiger partial charge in [0.15, 0.2) is 5.65 Å². The van der Waals surface area contributed by atoms with Crippen LogP contribution >= 0.6 is 23.2 Å². The molecule has 2 atom stereocenters. The van der Waals surface area contributed by atoms with Crippen LogP contribution in [0.5, 0.6) is 0 Å². The molecule has 1 amide bonds. The lowest BCUT2D eigenvalue weighted by Gasteiger charge is -2.35. The summed E-state index contributed by atoms with van der Waals surface area (Å²) in [4.78, 5) is 25.6. The number of nitrogens with one attached hydrogen (secondary N) is 2. The molecule has 1 saturated heterocycles. The maximum Gasteiger partial charge on any atom is 0.225 e. The highest BCUT2D eigenvalue weighted by atomic mass is 35.5. The number of carbonyl (C=O) groups excluding carboxylic acids is 1. The number of halogens is 4. The molecule has 1 aromatic carbocycles. The number of carbonyl (C=O) groups is 1. The first-order valence-electron chi connectivity index (χ1n) is 12.1. The summed E-state index contributed by atoms with van der Waals surface area (Å²) >= 11 is 12.2. The lowest BCUT2D eigenvalue weighted by Crippen LogP contribution is -2.39. The fourth-order valence-electron chi connectivity index (χ4n) is 4.94. The molecule has 0 spiro atoms. The monoisotopic (exact) mass is 553 g/mol. The number of imidazole rings is 1. The van der Waals surface area contributed by atoms with E-state index in [0.29, 0.717) is 55.8 Å². The molecule has 0 bridgehead atoms. The van der Waals surface area contributed by atoms with Crippen LogP contribution in [0, 0.1) is 11.2 Å². The number of nitrogens with zero attached hydrogens (tertiary/aromatic N) is 4. The number of alkyl halides is 1. The van der Waals surface area contributed by atoms with Crippen LogP contribution in [0.15, 0.2) is 18.3 Å². The summed E-state index contributed by atoms with van der Waals surface area (Å²) in [6, 6.07) is 2.00. The number of primary amides is 1. The van der Waals surface area contributed by atoms with E-state index in [2.05, 4.69) is 25.6 Å². The predicted octanol–water partition coefficient (Wildman–Crippen LogP) is 5.16. The Bertz CT molecular complexity index is 1310. The first-order chi connectivity index (χ1) is 17.6. The largest absolute Gasteiger partial charge is 0.378 e. The van der Waals surface area contributed by atoms with Gasteiger partial charge in [-0.3, -0.25) is 9.36 Å². The van der Waals surface area contributed by atoms with Crippen molar-refractivity contribution in [2.24, 2.45) is 11.1 Å². The van der Waals surface area contributed by atoms with Crippen LogP contribution < -0.4 is 16.4 Å². The maximum absolute atomic E-state index is 14.8. The lowest BCUT2D eigenvalue weighted by molar-refractivity contribution is -0.128. The Kier molecular flexibility index (Phi) is 7.12. The van der Waals surface area contributed by atoms with E-state index in [1.54, 1.807) is 0 Å². The number of anilines is 3. The molecule has 9 nitrogen and oxygen atoms in total. The number of ether oxygens (including phenoxy) is 1. The molecule has 198 valence electrons. The molecule has 2 fully saturated rings. The maximum atomic E-state index is 14.8. The van der Waals surface area contributed by atoms with Crippen molar-refractivity contribution in [2.45, 2.75) is 57.3 Å². The van der Waals surface area contributed by atoms with Gasteiger partial charge in [-0.2, -0.15) is 4.98 Å². The van der Waals surface area contributed by atoms with Crippen LogP contribution in [0.25, 0.3) is 11.2 Å². The molecule has 37 heavy (non-hydrogen) atoms. The molecule has 3 heterocycles. The first kappa shape index (κ1) is 25.9. The van der Waals surface area contributed by atoms with Crippen molar-refractivity contribution in [1.82, 2.24) is 19.5 Å². The van der Waals surface area contributed by atoms with E-state index in [9.17, 15) is 13.6 Å². The van der Waals surface area contributed by atoms with Gasteiger partial charge in [0.25, 0.3) is 0 Å². The van der Waals surface area contributed by atoms with E-state index in [1.165, 1.54) is 12.3 Å². The summed E-state index contributed by atoms with van der Waals surface area (Å²) in [5.74, 6) is -0.404. The SMILES string of the molecule is C[C@]1(C(N)=O)CC[C@H](n2c(Nc3c(F)cc(Cl)cc3Cl)nc3cnc(N[C@@H]4CCOC[C@H]4F)nc32)CC1. The fraction of sp³-hybridized carbons (Fsp3) is 0.500. The van der Waals surface area contributed by atoms with E-state index in [4.69, 9.17) is 33.7 Å². The quantitative estimate of drug-likeness (QED) is 0.385. The number of fused-ring (bicyclic) bond motifs is 1. The lowest BCUT2D eigenvalue weighted by atomic mass is 9.73. The minimum atomic E-state index is -1.19. The van der Waals surface area contributed by atoms with Crippen molar-refractivity contribution in [1.29, 1.82) is 0 Å². The average Bonchev–Trinajstić information content (AvgIpc) is 3.20. The highest BCUT2D eigenvalue weighted by Crippen LogP contribution is 2.43. The van der Waals surface area contributed by atoms with Gasteiger partial charge in [-0.25, -0.2) is 18.7 Å². The van der Waals surface area contributed by atoms with Gasteiger partial charge in [-0.15, -0.1) is 0 Å². The second kappa shape index (κ2) is 10.2. The molecular formula is C24H27Cl2F2N7O2. The fourth-order valence-corrected chi connectivity index (χ4v) is 5.46. The number of aromatic nitrogens is 4. The van der Waals surface area contributed by atoms with Crippen LogP contribution in [0.3, 0.4) is 0 Å². The number of benzene rings is 1. The minimum absolute atomic E-state index is 0.0139. The molecule has 3 aromatic rings. The number of rotatable bonds is 6. The summed E-state index contributed by atoms with van der Waals surface area (Å²) in [5.41, 5.74) is 6.02. The molecule has 13 heteroatoms. The first-order valence-corrected chi connectivity index (χ1v) is 12.8. The molecule has 1 saturated carbocycles. The Balaban J connectivity index is 1.54. The number of amides is 1. The normalized spacial score (nSPS) is 26.2. The second-order valence-corrected chi connectivity index (χ2v) is 10.7. The van der Waals surface area contributed by atoms with Gasteiger partial charge < -0.3 is 21.1 Å². The smallest absolute Gasteiger partial charge is 0.225 e. The molecule has 1 aliphatic carbocycles. The molecular weight excluding hydrogens is 527 g/mol. The zero-order valence-corrected chi connectivity index (χ0v) is 21.6. The Morgan fingerprint density at radius 1 is 1.24 bits per heavy atom. The number of nitrogens with two attached hydrogens (primary N) is 1. The zero-order chi connectivity index (χ0) is 26.3. The van der Waals surface area contributed by atoms with Crippen LogP contribution in [0.4, 0.5) is 26.4 Å². The highest BCUT2D eigenvalue weighted by molar-refractivity contribution is 6.36. The molecule has 0 unspecified atom stereocenters. The van der Waals surface area contributed by atoms with Crippen molar-refractivity contribution in [3.05, 3.63) is 34.2 Å². The molecule has 4 N–H and O–H groups in total. The van der Waals surface area contributed by atoms with E-state index < -0.39 is 23.4 Å². The third-order valence-electron chi connectivity index (χ3n) is 7.30. The molecule has 2 aromatic heterocycles. The molecule has 5 rings (SSSR count). The van der Waals surface area contributed by atoms with Gasteiger partial charge in [-0.1, -0.05) is 30.1 Å². The van der Waals surface area contributed by atoms with Gasteiger partial charge in [-0.05, 0) is 44.2 Å². The van der Waals surface area contributed by atoms with Crippen molar-refractivity contribution >= 4 is 57.9 Å². The number of hydrogen-bond donors (Lipinski definition) is 3. The third-order valence-corrected chi connectivity index (χ3v) is 7.81. The standard InChI is InChI=1S/C24H27Cl2F2N7O2/c1-24(21(29)36)5-2-13(3-6-24)35-20-18(10-30-22(34-20)31-17-4-7-37-11-16(17)28)32-23(35)33-19-14(26)8-12(25)9-15(19)27/h8-10,13,16-17H,2-7,11H2,1H3,(H2,29,36)(H,32,33)(H,30,31,34)/t13-,16-,17-,24-/m1/s1.